The first-order chi connectivity index (χ1) is 8.08. The quantitative estimate of drug-likeness (QED) is 0.673. The van der Waals surface area contributed by atoms with Gasteiger partial charge in [-0.15, -0.1) is 0 Å². The summed E-state index contributed by atoms with van der Waals surface area (Å²) >= 11 is 0. The largest absolute Gasteiger partial charge is 0.481 e. The topological polar surface area (TPSA) is 86.9 Å². The van der Waals surface area contributed by atoms with Gasteiger partial charge in [0.15, 0.2) is 0 Å². The van der Waals surface area contributed by atoms with Crippen LogP contribution < -0.4 is 5.73 Å². The molecule has 0 aromatic rings. The molecule has 2 aliphatic heterocycles. The smallest absolute Gasteiger partial charge is 0.320 e. The van der Waals surface area contributed by atoms with Crippen LogP contribution in [-0.4, -0.2) is 59.1 Å². The third kappa shape index (κ3) is 2.69. The lowest BCUT2D eigenvalue weighted by molar-refractivity contribution is -0.143. The van der Waals surface area contributed by atoms with Gasteiger partial charge >= 0.3 is 12.0 Å². The van der Waals surface area contributed by atoms with Gasteiger partial charge in [-0.3, -0.25) is 4.79 Å². The van der Waals surface area contributed by atoms with Gasteiger partial charge in [0, 0.05) is 32.2 Å². The van der Waals surface area contributed by atoms with E-state index in [4.69, 9.17) is 10.8 Å². The van der Waals surface area contributed by atoms with Crippen LogP contribution in [0.3, 0.4) is 0 Å². The molecule has 2 saturated heterocycles. The van der Waals surface area contributed by atoms with Gasteiger partial charge in [-0.05, 0) is 19.3 Å². The van der Waals surface area contributed by atoms with Gasteiger partial charge in [0.1, 0.15) is 0 Å². The van der Waals surface area contributed by atoms with E-state index in [1.54, 1.807) is 9.80 Å². The third-order valence-corrected chi connectivity index (χ3v) is 3.54. The van der Waals surface area contributed by atoms with Crippen molar-refractivity contribution in [2.24, 2.45) is 11.7 Å². The van der Waals surface area contributed by atoms with Crippen molar-refractivity contribution in [1.29, 1.82) is 0 Å². The number of carbonyl (C=O) groups excluding carboxylic acids is 1. The number of hydrogen-bond acceptors (Lipinski definition) is 3. The molecule has 6 heteroatoms. The summed E-state index contributed by atoms with van der Waals surface area (Å²) in [6.07, 6.45) is 2.27. The number of carbonyl (C=O) groups is 2. The second kappa shape index (κ2) is 4.91. The SMILES string of the molecule is NC1CCN(C(=O)N2CCC[C@H](C(=O)O)C2)C1. The van der Waals surface area contributed by atoms with Crippen LogP contribution in [0, 0.1) is 5.92 Å². The molecule has 2 atom stereocenters. The summed E-state index contributed by atoms with van der Waals surface area (Å²) in [5.41, 5.74) is 5.76. The van der Waals surface area contributed by atoms with Crippen LogP contribution in [0.15, 0.2) is 0 Å². The van der Waals surface area contributed by atoms with E-state index in [-0.39, 0.29) is 12.1 Å². The summed E-state index contributed by atoms with van der Waals surface area (Å²) in [5, 5.41) is 8.97. The van der Waals surface area contributed by atoms with E-state index in [1.165, 1.54) is 0 Å². The van der Waals surface area contributed by atoms with Crippen molar-refractivity contribution in [2.45, 2.75) is 25.3 Å². The Bertz CT molecular complexity index is 321. The summed E-state index contributed by atoms with van der Waals surface area (Å²) < 4.78 is 0. The Hall–Kier alpha value is -1.30. The Morgan fingerprint density at radius 3 is 2.41 bits per heavy atom. The molecule has 0 spiro atoms. The zero-order valence-corrected chi connectivity index (χ0v) is 9.84. The number of nitrogens with two attached hydrogens (primary N) is 1. The number of piperidine rings is 1. The van der Waals surface area contributed by atoms with Gasteiger partial charge in [0.25, 0.3) is 0 Å². The van der Waals surface area contributed by atoms with E-state index < -0.39 is 11.9 Å². The number of nitrogens with zero attached hydrogens (tertiary/aromatic N) is 2. The van der Waals surface area contributed by atoms with Crippen molar-refractivity contribution in [3.63, 3.8) is 0 Å². The number of urea groups is 1. The lowest BCUT2D eigenvalue weighted by Gasteiger charge is -2.33. The van der Waals surface area contributed by atoms with Gasteiger partial charge in [-0.2, -0.15) is 0 Å². The monoisotopic (exact) mass is 241 g/mol. The van der Waals surface area contributed by atoms with Crippen LogP contribution in [0.2, 0.25) is 0 Å². The minimum atomic E-state index is -0.805. The Balaban J connectivity index is 1.93. The molecule has 2 rings (SSSR count). The molecular weight excluding hydrogens is 222 g/mol. The minimum Gasteiger partial charge on any atom is -0.481 e. The number of likely N-dealkylation sites (tertiary alicyclic amines) is 2. The van der Waals surface area contributed by atoms with E-state index in [2.05, 4.69) is 0 Å². The highest BCUT2D eigenvalue weighted by Crippen LogP contribution is 2.19. The molecule has 0 aliphatic carbocycles. The number of rotatable bonds is 1. The second-order valence-corrected chi connectivity index (χ2v) is 4.90. The summed E-state index contributed by atoms with van der Waals surface area (Å²) in [6, 6.07) is 0.0166. The Morgan fingerprint density at radius 1 is 1.12 bits per heavy atom. The average Bonchev–Trinajstić information content (AvgIpc) is 2.75. The Kier molecular flexibility index (Phi) is 3.51. The van der Waals surface area contributed by atoms with Gasteiger partial charge in [-0.25, -0.2) is 4.79 Å². The van der Waals surface area contributed by atoms with Crippen LogP contribution in [-0.2, 0) is 4.79 Å². The highest BCUT2D eigenvalue weighted by molar-refractivity contribution is 5.77. The summed E-state index contributed by atoms with van der Waals surface area (Å²) in [5.74, 6) is -1.22. The molecule has 2 fully saturated rings. The van der Waals surface area contributed by atoms with E-state index >= 15 is 0 Å². The number of hydrogen-bond donors (Lipinski definition) is 2. The lowest BCUT2D eigenvalue weighted by Crippen LogP contribution is -2.48. The van der Waals surface area contributed by atoms with E-state index in [0.717, 1.165) is 12.8 Å². The molecule has 2 heterocycles. The number of carboxylic acid groups (broad SMARTS) is 1. The first-order valence-electron chi connectivity index (χ1n) is 6.10. The van der Waals surface area contributed by atoms with E-state index in [1.807, 2.05) is 0 Å². The summed E-state index contributed by atoms with van der Waals surface area (Å²) in [4.78, 5) is 26.4. The molecular formula is C11H19N3O3. The van der Waals surface area contributed by atoms with Crippen LogP contribution in [0.25, 0.3) is 0 Å². The maximum Gasteiger partial charge on any atom is 0.320 e. The standard InChI is InChI=1S/C11H19N3O3/c12-9-3-5-14(7-9)11(17)13-4-1-2-8(6-13)10(15)16/h8-9H,1-7,12H2,(H,15,16)/t8-,9?/m0/s1. The molecule has 1 unspecified atom stereocenters. The number of carboxylic acids is 1. The molecule has 2 aliphatic rings. The van der Waals surface area contributed by atoms with E-state index in [9.17, 15) is 9.59 Å². The fraction of sp³-hybridized carbons (Fsp3) is 0.818. The molecule has 17 heavy (non-hydrogen) atoms. The molecule has 2 amide bonds. The van der Waals surface area contributed by atoms with Crippen molar-refractivity contribution < 1.29 is 14.7 Å². The maximum absolute atomic E-state index is 12.1. The fourth-order valence-corrected chi connectivity index (χ4v) is 2.51. The third-order valence-electron chi connectivity index (χ3n) is 3.54. The van der Waals surface area contributed by atoms with E-state index in [0.29, 0.717) is 32.6 Å². The van der Waals surface area contributed by atoms with Crippen LogP contribution >= 0.6 is 0 Å². The molecule has 0 saturated carbocycles. The normalized spacial score (nSPS) is 29.5. The molecule has 0 aromatic heterocycles. The van der Waals surface area contributed by atoms with Crippen molar-refractivity contribution >= 4 is 12.0 Å². The van der Waals surface area contributed by atoms with Gasteiger partial charge in [0.2, 0.25) is 0 Å². The van der Waals surface area contributed by atoms with Gasteiger partial charge < -0.3 is 20.6 Å². The predicted octanol–water partition coefficient (Wildman–Crippen LogP) is -0.0640. The molecule has 0 bridgehead atoms. The van der Waals surface area contributed by atoms with Crippen LogP contribution in [0.1, 0.15) is 19.3 Å². The lowest BCUT2D eigenvalue weighted by atomic mass is 9.99. The van der Waals surface area contributed by atoms with Gasteiger partial charge in [0.05, 0.1) is 5.92 Å². The summed E-state index contributed by atoms with van der Waals surface area (Å²) in [7, 11) is 0. The zero-order valence-electron chi connectivity index (χ0n) is 9.84. The average molecular weight is 241 g/mol. The molecule has 6 nitrogen and oxygen atoms in total. The first kappa shape index (κ1) is 12.2. The molecule has 0 radical (unpaired) electrons. The predicted molar refractivity (Wildman–Crippen MR) is 61.5 cm³/mol. The van der Waals surface area contributed by atoms with Crippen molar-refractivity contribution in [3.8, 4) is 0 Å². The van der Waals surface area contributed by atoms with Crippen LogP contribution in [0.5, 0.6) is 0 Å². The van der Waals surface area contributed by atoms with Crippen LogP contribution in [0.4, 0.5) is 4.79 Å². The summed E-state index contributed by atoms with van der Waals surface area (Å²) in [6.45, 7) is 2.27. The Labute approximate surface area is 100 Å². The number of amides is 2. The van der Waals surface area contributed by atoms with Crippen molar-refractivity contribution in [2.75, 3.05) is 26.2 Å². The highest BCUT2D eigenvalue weighted by Gasteiger charge is 2.32. The first-order valence-corrected chi connectivity index (χ1v) is 6.10. The van der Waals surface area contributed by atoms with Gasteiger partial charge in [-0.1, -0.05) is 0 Å². The molecule has 3 N–H and O–H groups in total. The number of aliphatic carboxylic acids is 1. The minimum absolute atomic E-state index is 0.0519. The highest BCUT2D eigenvalue weighted by atomic mass is 16.4. The zero-order chi connectivity index (χ0) is 12.4. The molecule has 0 aromatic carbocycles. The Morgan fingerprint density at radius 2 is 1.82 bits per heavy atom. The van der Waals surface area contributed by atoms with Crippen molar-refractivity contribution in [1.82, 2.24) is 9.80 Å². The maximum atomic E-state index is 12.1. The molecule has 96 valence electrons. The fourth-order valence-electron chi connectivity index (χ4n) is 2.51. The van der Waals surface area contributed by atoms with Crippen molar-refractivity contribution in [3.05, 3.63) is 0 Å². The second-order valence-electron chi connectivity index (χ2n) is 4.90.